The lowest BCUT2D eigenvalue weighted by atomic mass is 10.2. The van der Waals surface area contributed by atoms with Gasteiger partial charge < -0.3 is 10.2 Å². The fraction of sp³-hybridized carbons (Fsp3) is 0.615. The summed E-state index contributed by atoms with van der Waals surface area (Å²) in [7, 11) is 6.07. The van der Waals surface area contributed by atoms with Crippen LogP contribution in [-0.2, 0) is 6.54 Å². The Morgan fingerprint density at radius 2 is 2.28 bits per heavy atom. The molecule has 5 heteroatoms. The molecule has 0 fully saturated rings. The Balaban J connectivity index is 2.79. The first-order valence-electron chi connectivity index (χ1n) is 6.24. The second kappa shape index (κ2) is 7.56. The van der Waals surface area contributed by atoms with Gasteiger partial charge in [-0.05, 0) is 46.6 Å². The molecule has 1 rings (SSSR count). The third-order valence-corrected chi connectivity index (χ3v) is 3.05. The Morgan fingerprint density at radius 1 is 1.56 bits per heavy atom. The minimum Gasteiger partial charge on any atom is -0.319 e. The Hall–Kier alpha value is -0.840. The summed E-state index contributed by atoms with van der Waals surface area (Å²) in [5, 5.41) is 8.20. The van der Waals surface area contributed by atoms with Gasteiger partial charge in [-0.1, -0.05) is 17.7 Å². The average molecular weight is 271 g/mol. The molecule has 0 aliphatic heterocycles. The number of likely N-dealkylation sites (N-methyl/N-ethyl adjacent to an activating group) is 1. The molecule has 1 aromatic heterocycles. The van der Waals surface area contributed by atoms with E-state index in [2.05, 4.69) is 42.4 Å². The zero-order valence-electron chi connectivity index (χ0n) is 11.7. The van der Waals surface area contributed by atoms with Crippen LogP contribution < -0.4 is 5.32 Å². The monoisotopic (exact) mass is 270 g/mol. The zero-order chi connectivity index (χ0) is 13.5. The van der Waals surface area contributed by atoms with E-state index in [0.29, 0.717) is 0 Å². The first-order valence-corrected chi connectivity index (χ1v) is 6.61. The molecule has 0 saturated carbocycles. The summed E-state index contributed by atoms with van der Waals surface area (Å²) < 4.78 is 1.98. The van der Waals surface area contributed by atoms with Gasteiger partial charge in [0.25, 0.3) is 0 Å². The van der Waals surface area contributed by atoms with E-state index in [0.717, 1.165) is 36.8 Å². The molecule has 1 heterocycles. The summed E-state index contributed by atoms with van der Waals surface area (Å²) in [6.45, 7) is 4.87. The van der Waals surface area contributed by atoms with Gasteiger partial charge in [-0.3, -0.25) is 4.68 Å². The molecule has 0 radical (unpaired) electrons. The maximum absolute atomic E-state index is 6.21. The molecule has 4 nitrogen and oxygen atoms in total. The fourth-order valence-electron chi connectivity index (χ4n) is 1.75. The molecule has 0 bridgehead atoms. The number of nitrogens with zero attached hydrogens (tertiary/aromatic N) is 3. The second-order valence-corrected chi connectivity index (χ2v) is 5.05. The van der Waals surface area contributed by atoms with Crippen molar-refractivity contribution in [1.29, 1.82) is 0 Å². The summed E-state index contributed by atoms with van der Waals surface area (Å²) in [6.07, 6.45) is 4.92. The van der Waals surface area contributed by atoms with E-state index in [1.54, 1.807) is 6.20 Å². The highest BCUT2D eigenvalue weighted by molar-refractivity contribution is 6.32. The number of aromatic nitrogens is 2. The van der Waals surface area contributed by atoms with Crippen LogP contribution in [0.5, 0.6) is 0 Å². The van der Waals surface area contributed by atoms with Gasteiger partial charge in [-0.15, -0.1) is 0 Å². The van der Waals surface area contributed by atoms with Crippen LogP contribution >= 0.6 is 11.6 Å². The van der Waals surface area contributed by atoms with Crippen molar-refractivity contribution in [3.05, 3.63) is 23.0 Å². The summed E-state index contributed by atoms with van der Waals surface area (Å²) in [6, 6.07) is 0. The van der Waals surface area contributed by atoms with Crippen LogP contribution in [0.2, 0.25) is 5.02 Å². The molecule has 102 valence electrons. The van der Waals surface area contributed by atoms with E-state index in [9.17, 15) is 0 Å². The zero-order valence-corrected chi connectivity index (χ0v) is 12.5. The van der Waals surface area contributed by atoms with Crippen LogP contribution in [0.15, 0.2) is 12.3 Å². The highest BCUT2D eigenvalue weighted by Gasteiger charge is 2.10. The maximum atomic E-state index is 6.21. The highest BCUT2D eigenvalue weighted by atomic mass is 35.5. The summed E-state index contributed by atoms with van der Waals surface area (Å²) >= 11 is 6.21. The predicted octanol–water partition coefficient (Wildman–Crippen LogP) is 2.11. The average Bonchev–Trinajstić information content (AvgIpc) is 2.68. The minimum atomic E-state index is 0.729. The van der Waals surface area contributed by atoms with E-state index in [1.807, 2.05) is 11.7 Å². The molecule has 0 atom stereocenters. The molecular formula is C13H23ClN4. The van der Waals surface area contributed by atoms with Gasteiger partial charge in [-0.25, -0.2) is 0 Å². The van der Waals surface area contributed by atoms with Crippen molar-refractivity contribution in [3.8, 4) is 0 Å². The Kier molecular flexibility index (Phi) is 6.39. The van der Waals surface area contributed by atoms with Crippen molar-refractivity contribution in [2.24, 2.45) is 0 Å². The lowest BCUT2D eigenvalue weighted by molar-refractivity contribution is 0.372. The number of hydrogen-bond donors (Lipinski definition) is 1. The lowest BCUT2D eigenvalue weighted by Gasteiger charge is -2.12. The highest BCUT2D eigenvalue weighted by Crippen LogP contribution is 2.23. The smallest absolute Gasteiger partial charge is 0.0862 e. The second-order valence-electron chi connectivity index (χ2n) is 4.65. The lowest BCUT2D eigenvalue weighted by Crippen LogP contribution is -2.20. The van der Waals surface area contributed by atoms with Gasteiger partial charge >= 0.3 is 0 Å². The van der Waals surface area contributed by atoms with Crippen molar-refractivity contribution in [1.82, 2.24) is 20.0 Å². The maximum Gasteiger partial charge on any atom is 0.0862 e. The van der Waals surface area contributed by atoms with Gasteiger partial charge in [0.2, 0.25) is 0 Å². The summed E-state index contributed by atoms with van der Waals surface area (Å²) in [4.78, 5) is 2.14. The minimum absolute atomic E-state index is 0.729. The Labute approximate surface area is 115 Å². The van der Waals surface area contributed by atoms with Crippen LogP contribution in [0.25, 0.3) is 5.57 Å². The largest absolute Gasteiger partial charge is 0.319 e. The van der Waals surface area contributed by atoms with Gasteiger partial charge in [0, 0.05) is 6.54 Å². The molecule has 18 heavy (non-hydrogen) atoms. The summed E-state index contributed by atoms with van der Waals surface area (Å²) in [5.41, 5.74) is 2.22. The number of halogens is 1. The molecule has 0 unspecified atom stereocenters. The Bertz CT molecular complexity index is 396. The van der Waals surface area contributed by atoms with E-state index < -0.39 is 0 Å². The first kappa shape index (κ1) is 15.2. The molecule has 0 aliphatic rings. The van der Waals surface area contributed by atoms with Crippen molar-refractivity contribution in [2.75, 3.05) is 34.2 Å². The Morgan fingerprint density at radius 3 is 2.89 bits per heavy atom. The van der Waals surface area contributed by atoms with Crippen LogP contribution in [0, 0.1) is 0 Å². The van der Waals surface area contributed by atoms with Crippen LogP contribution in [0.4, 0.5) is 0 Å². The van der Waals surface area contributed by atoms with Crippen LogP contribution in [0.1, 0.15) is 19.0 Å². The van der Waals surface area contributed by atoms with E-state index in [4.69, 9.17) is 11.6 Å². The number of nitrogens with one attached hydrogen (secondary N) is 1. The molecule has 1 aromatic rings. The van der Waals surface area contributed by atoms with Crippen LogP contribution in [0.3, 0.4) is 0 Å². The van der Waals surface area contributed by atoms with Crippen molar-refractivity contribution < 1.29 is 0 Å². The molecular weight excluding hydrogens is 248 g/mol. The predicted molar refractivity (Wildman–Crippen MR) is 78.0 cm³/mol. The number of hydrogen-bond acceptors (Lipinski definition) is 3. The summed E-state index contributed by atoms with van der Waals surface area (Å²) in [5.74, 6) is 0. The third-order valence-electron chi connectivity index (χ3n) is 2.77. The van der Waals surface area contributed by atoms with Gasteiger partial charge in [0.1, 0.15) is 0 Å². The van der Waals surface area contributed by atoms with Gasteiger partial charge in [-0.2, -0.15) is 5.10 Å². The number of rotatable bonds is 7. The molecule has 1 N–H and O–H groups in total. The SMILES string of the molecule is CNCC/C=C(/C)c1c(Cl)cnn1CCN(C)C. The quantitative estimate of drug-likeness (QED) is 0.771. The van der Waals surface area contributed by atoms with Crippen molar-refractivity contribution in [2.45, 2.75) is 19.9 Å². The van der Waals surface area contributed by atoms with E-state index >= 15 is 0 Å². The molecule has 0 aliphatic carbocycles. The first-order chi connectivity index (χ1) is 8.56. The van der Waals surface area contributed by atoms with Crippen molar-refractivity contribution >= 4 is 17.2 Å². The molecule has 0 saturated heterocycles. The van der Waals surface area contributed by atoms with Gasteiger partial charge in [0.15, 0.2) is 0 Å². The normalized spacial score (nSPS) is 12.4. The molecule has 0 spiro atoms. The topological polar surface area (TPSA) is 33.1 Å². The van der Waals surface area contributed by atoms with Crippen LogP contribution in [-0.4, -0.2) is 48.9 Å². The van der Waals surface area contributed by atoms with E-state index in [1.165, 1.54) is 5.57 Å². The fourth-order valence-corrected chi connectivity index (χ4v) is 2.04. The standard InChI is InChI=1S/C13H23ClN4/c1-11(6-5-7-15-2)13-12(14)10-16-18(13)9-8-17(3)4/h6,10,15H,5,7-9H2,1-4H3/b11-6-. The van der Waals surface area contributed by atoms with Gasteiger partial charge in [0.05, 0.1) is 23.5 Å². The van der Waals surface area contributed by atoms with Crippen molar-refractivity contribution in [3.63, 3.8) is 0 Å². The number of allylic oxidation sites excluding steroid dienone is 1. The third kappa shape index (κ3) is 4.44. The molecule has 0 aromatic carbocycles. The molecule has 0 amide bonds. The van der Waals surface area contributed by atoms with E-state index in [-0.39, 0.29) is 0 Å².